The molecule has 0 aliphatic carbocycles. The Kier molecular flexibility index (Phi) is 5.07. The highest BCUT2D eigenvalue weighted by Crippen LogP contribution is 2.34. The van der Waals surface area contributed by atoms with Crippen molar-refractivity contribution >= 4 is 34.6 Å². The zero-order valence-electron chi connectivity index (χ0n) is 13.9. The van der Waals surface area contributed by atoms with Gasteiger partial charge in [0.15, 0.2) is 0 Å². The van der Waals surface area contributed by atoms with Gasteiger partial charge in [-0.3, -0.25) is 0 Å². The fraction of sp³-hybridized carbons (Fsp3) is 0.300. The number of nitrogens with zero attached hydrogens (tertiary/aromatic N) is 1. The van der Waals surface area contributed by atoms with Crippen molar-refractivity contribution in [3.05, 3.63) is 69.7 Å². The number of nitrogen functional groups attached to an aromatic ring is 1. The highest BCUT2D eigenvalue weighted by atomic mass is 35.5. The van der Waals surface area contributed by atoms with Crippen LogP contribution in [0.2, 0.25) is 10.0 Å². The van der Waals surface area contributed by atoms with Crippen LogP contribution in [0.5, 0.6) is 0 Å². The molecule has 0 amide bonds. The van der Waals surface area contributed by atoms with E-state index in [1.807, 2.05) is 25.1 Å². The number of rotatable bonds is 3. The molecule has 0 aromatic heterocycles. The molecule has 0 radical (unpaired) electrons. The monoisotopic (exact) mass is 360 g/mol. The van der Waals surface area contributed by atoms with Gasteiger partial charge in [0.2, 0.25) is 0 Å². The molecule has 0 unspecified atom stereocenters. The second kappa shape index (κ2) is 7.08. The molecule has 1 saturated heterocycles. The molecule has 1 aliphatic heterocycles. The van der Waals surface area contributed by atoms with Crippen molar-refractivity contribution in [1.82, 2.24) is 4.90 Å². The highest BCUT2D eigenvalue weighted by Gasteiger charge is 2.22. The second-order valence-corrected chi connectivity index (χ2v) is 7.27. The number of hydrogen-bond acceptors (Lipinski definition) is 2. The quantitative estimate of drug-likeness (QED) is 0.707. The number of likely N-dealkylation sites (tertiary alicyclic amines) is 1. The predicted octanol–water partition coefficient (Wildman–Crippen LogP) is 5.73. The van der Waals surface area contributed by atoms with Crippen molar-refractivity contribution < 1.29 is 0 Å². The Labute approximate surface area is 153 Å². The molecule has 2 N–H and O–H groups in total. The van der Waals surface area contributed by atoms with E-state index >= 15 is 0 Å². The maximum absolute atomic E-state index is 6.15. The van der Waals surface area contributed by atoms with Gasteiger partial charge in [0.1, 0.15) is 0 Å². The molecule has 0 saturated carbocycles. The van der Waals surface area contributed by atoms with Crippen molar-refractivity contribution in [2.75, 3.05) is 18.8 Å². The Morgan fingerprint density at radius 2 is 1.79 bits per heavy atom. The summed E-state index contributed by atoms with van der Waals surface area (Å²) >= 11 is 12.2. The normalized spacial score (nSPS) is 15.5. The summed E-state index contributed by atoms with van der Waals surface area (Å²) in [4.78, 5) is 2.35. The molecule has 1 heterocycles. The summed E-state index contributed by atoms with van der Waals surface area (Å²) in [6, 6.07) is 12.1. The van der Waals surface area contributed by atoms with E-state index in [9.17, 15) is 0 Å². The average Bonchev–Trinajstić information content (AvgIpc) is 2.59. The third-order valence-electron chi connectivity index (χ3n) is 4.90. The summed E-state index contributed by atoms with van der Waals surface area (Å²) in [5.74, 6) is 0.520. The number of halogens is 2. The topological polar surface area (TPSA) is 29.3 Å². The van der Waals surface area contributed by atoms with Crippen LogP contribution >= 0.6 is 23.2 Å². The van der Waals surface area contributed by atoms with Gasteiger partial charge in [0.25, 0.3) is 0 Å². The van der Waals surface area contributed by atoms with Gasteiger partial charge >= 0.3 is 0 Å². The number of hydrogen-bond donors (Lipinski definition) is 1. The minimum atomic E-state index is 0.520. The molecule has 0 atom stereocenters. The zero-order valence-corrected chi connectivity index (χ0v) is 15.4. The van der Waals surface area contributed by atoms with Crippen molar-refractivity contribution in [3.8, 4) is 0 Å². The summed E-state index contributed by atoms with van der Waals surface area (Å²) in [5.41, 5.74) is 11.4. The largest absolute Gasteiger partial charge is 0.398 e. The fourth-order valence-corrected chi connectivity index (χ4v) is 3.56. The van der Waals surface area contributed by atoms with E-state index in [-0.39, 0.29) is 0 Å². The standard InChI is InChI=1S/C20H22Cl2N2/c1-13-3-4-16(12-20(13)23)14(2)24-9-7-15(8-10-24)17-5-6-18(21)19(22)11-17/h3-6,11-12,15H,2,7-10,23H2,1H3. The molecule has 4 heteroatoms. The van der Waals surface area contributed by atoms with Crippen LogP contribution in [0.4, 0.5) is 5.69 Å². The SMILES string of the molecule is C=C(c1ccc(C)c(N)c1)N1CCC(c2ccc(Cl)c(Cl)c2)CC1. The van der Waals surface area contributed by atoms with Crippen molar-refractivity contribution in [2.45, 2.75) is 25.7 Å². The average molecular weight is 361 g/mol. The third-order valence-corrected chi connectivity index (χ3v) is 5.64. The lowest BCUT2D eigenvalue weighted by atomic mass is 9.89. The van der Waals surface area contributed by atoms with Crippen LogP contribution in [0, 0.1) is 6.92 Å². The first kappa shape index (κ1) is 17.2. The first-order valence-electron chi connectivity index (χ1n) is 8.21. The Hall–Kier alpha value is -1.64. The molecule has 24 heavy (non-hydrogen) atoms. The van der Waals surface area contributed by atoms with Gasteiger partial charge in [0, 0.05) is 24.5 Å². The first-order chi connectivity index (χ1) is 11.5. The number of anilines is 1. The Balaban J connectivity index is 1.66. The predicted molar refractivity (Wildman–Crippen MR) is 105 cm³/mol. The lowest BCUT2D eigenvalue weighted by molar-refractivity contribution is 0.299. The van der Waals surface area contributed by atoms with Crippen LogP contribution in [0.1, 0.15) is 35.4 Å². The maximum Gasteiger partial charge on any atom is 0.0595 e. The van der Waals surface area contributed by atoms with Gasteiger partial charge in [-0.2, -0.15) is 0 Å². The maximum atomic E-state index is 6.15. The van der Waals surface area contributed by atoms with E-state index in [1.54, 1.807) is 0 Å². The second-order valence-electron chi connectivity index (χ2n) is 6.45. The third kappa shape index (κ3) is 3.55. The first-order valence-corrected chi connectivity index (χ1v) is 8.96. The number of nitrogens with two attached hydrogens (primary N) is 1. The summed E-state index contributed by atoms with van der Waals surface area (Å²) in [6.07, 6.45) is 2.16. The number of piperidine rings is 1. The van der Waals surface area contributed by atoms with Crippen LogP contribution in [0.15, 0.2) is 43.0 Å². The lowest BCUT2D eigenvalue weighted by Crippen LogP contribution is -2.31. The van der Waals surface area contributed by atoms with E-state index in [0.29, 0.717) is 16.0 Å². The minimum absolute atomic E-state index is 0.520. The molecule has 2 aromatic rings. The van der Waals surface area contributed by atoms with Crippen LogP contribution in [-0.4, -0.2) is 18.0 Å². The van der Waals surface area contributed by atoms with Gasteiger partial charge in [-0.05, 0) is 60.6 Å². The Morgan fingerprint density at radius 3 is 2.42 bits per heavy atom. The lowest BCUT2D eigenvalue weighted by Gasteiger charge is -2.35. The fourth-order valence-electron chi connectivity index (χ4n) is 3.25. The minimum Gasteiger partial charge on any atom is -0.398 e. The number of aryl methyl sites for hydroxylation is 1. The summed E-state index contributed by atoms with van der Waals surface area (Å²) in [6.45, 7) is 8.26. The molecule has 2 nitrogen and oxygen atoms in total. The molecule has 2 aromatic carbocycles. The van der Waals surface area contributed by atoms with Crippen LogP contribution in [0.25, 0.3) is 5.70 Å². The molecular weight excluding hydrogens is 339 g/mol. The highest BCUT2D eigenvalue weighted by molar-refractivity contribution is 6.42. The summed E-state index contributed by atoms with van der Waals surface area (Å²) < 4.78 is 0. The smallest absolute Gasteiger partial charge is 0.0595 e. The summed E-state index contributed by atoms with van der Waals surface area (Å²) in [5, 5.41) is 1.25. The molecule has 1 fully saturated rings. The molecule has 1 aliphatic rings. The molecule has 0 bridgehead atoms. The van der Waals surface area contributed by atoms with Crippen LogP contribution in [-0.2, 0) is 0 Å². The number of benzene rings is 2. The Bertz CT molecular complexity index is 762. The van der Waals surface area contributed by atoms with Gasteiger partial charge in [-0.15, -0.1) is 0 Å². The van der Waals surface area contributed by atoms with Crippen molar-refractivity contribution in [2.24, 2.45) is 0 Å². The van der Waals surface area contributed by atoms with Gasteiger partial charge < -0.3 is 10.6 Å². The molecular formula is C20H22Cl2N2. The van der Waals surface area contributed by atoms with Gasteiger partial charge in [-0.25, -0.2) is 0 Å². The van der Waals surface area contributed by atoms with E-state index in [2.05, 4.69) is 29.7 Å². The van der Waals surface area contributed by atoms with Crippen LogP contribution < -0.4 is 5.73 Å². The van der Waals surface area contributed by atoms with E-state index < -0.39 is 0 Å². The molecule has 126 valence electrons. The Morgan fingerprint density at radius 1 is 1.08 bits per heavy atom. The van der Waals surface area contributed by atoms with Crippen LogP contribution in [0.3, 0.4) is 0 Å². The van der Waals surface area contributed by atoms with Gasteiger partial charge in [0.05, 0.1) is 10.0 Å². The van der Waals surface area contributed by atoms with Gasteiger partial charge in [-0.1, -0.05) is 48.0 Å². The van der Waals surface area contributed by atoms with Crippen molar-refractivity contribution in [3.63, 3.8) is 0 Å². The zero-order chi connectivity index (χ0) is 17.3. The molecule has 0 spiro atoms. The van der Waals surface area contributed by atoms with E-state index in [1.165, 1.54) is 5.56 Å². The molecule has 3 rings (SSSR count). The van der Waals surface area contributed by atoms with E-state index in [0.717, 1.165) is 48.4 Å². The van der Waals surface area contributed by atoms with E-state index in [4.69, 9.17) is 28.9 Å². The van der Waals surface area contributed by atoms with Crippen molar-refractivity contribution in [1.29, 1.82) is 0 Å². The summed E-state index contributed by atoms with van der Waals surface area (Å²) in [7, 11) is 0.